The lowest BCUT2D eigenvalue weighted by molar-refractivity contribution is -0.282. The van der Waals surface area contributed by atoms with Gasteiger partial charge in [0.1, 0.15) is 36.6 Å². The maximum atomic E-state index is 14.1. The van der Waals surface area contributed by atoms with Crippen molar-refractivity contribution in [3.05, 3.63) is 0 Å². The molecule has 0 aliphatic carbocycles. The van der Waals surface area contributed by atoms with Gasteiger partial charge in [-0.1, -0.05) is 40.0 Å². The molecule has 6 aliphatic rings. The smallest absolute Gasteiger partial charge is 0.328 e. The molecule has 12 N–H and O–H groups in total. The Morgan fingerprint density at radius 1 is 0.467 bits per heavy atom. The first-order chi connectivity index (χ1) is 42.7. The van der Waals surface area contributed by atoms with Crippen LogP contribution in [-0.2, 0) is 65.7 Å². The number of carbonyl (C=O) groups excluding carboxylic acids is 3. The third kappa shape index (κ3) is 22.6. The van der Waals surface area contributed by atoms with Gasteiger partial charge in [-0.3, -0.25) is 23.5 Å². The number of unbranched alkanes of at least 4 members (excludes halogenated alkanes) is 6. The molecule has 31 heteroatoms. The van der Waals surface area contributed by atoms with E-state index in [1.54, 1.807) is 25.7 Å². The predicted molar refractivity (Wildman–Crippen MR) is 320 cm³/mol. The molecule has 29 nitrogen and oxygen atoms in total. The first-order valence-corrected chi connectivity index (χ1v) is 36.0. The highest BCUT2D eigenvalue weighted by Gasteiger charge is 2.47. The number of aliphatic hydroxyl groups is 10. The van der Waals surface area contributed by atoms with E-state index >= 15 is 0 Å². The van der Waals surface area contributed by atoms with Crippen LogP contribution in [0, 0.1) is 29.6 Å². The number of β-amino-alcohol motifs (C(OH)–C–C–N with tert-alkyl or cyclic N) is 1. The zero-order valence-electron chi connectivity index (χ0n) is 53.0. The Bertz CT molecular complexity index is 2260. The predicted octanol–water partition coefficient (Wildman–Crippen LogP) is 0.168. The quantitative estimate of drug-likeness (QED) is 0.0291. The molecule has 6 heterocycles. The number of amides is 3. The number of aliphatic hydroxyl groups excluding tert-OH is 10. The molecule has 0 saturated carbocycles. The average molecular weight is 1340 g/mol. The van der Waals surface area contributed by atoms with Crippen LogP contribution in [0.25, 0.3) is 0 Å². The van der Waals surface area contributed by atoms with E-state index in [0.29, 0.717) is 64.2 Å². The number of likely N-dealkylation sites (tertiary alicyclic amines) is 3. The van der Waals surface area contributed by atoms with Gasteiger partial charge < -0.3 is 118 Å². The van der Waals surface area contributed by atoms with Crippen molar-refractivity contribution < 1.29 is 127 Å². The van der Waals surface area contributed by atoms with E-state index in [1.807, 2.05) is 13.8 Å². The van der Waals surface area contributed by atoms with Crippen LogP contribution in [0.3, 0.4) is 0 Å². The maximum absolute atomic E-state index is 14.1. The van der Waals surface area contributed by atoms with Crippen molar-refractivity contribution in [2.75, 3.05) is 91.4 Å². The zero-order valence-corrected chi connectivity index (χ0v) is 54.8. The van der Waals surface area contributed by atoms with E-state index in [1.165, 1.54) is 9.80 Å². The lowest BCUT2D eigenvalue weighted by atomic mass is 9.92. The van der Waals surface area contributed by atoms with Gasteiger partial charge in [-0.15, -0.1) is 0 Å². The van der Waals surface area contributed by atoms with Crippen molar-refractivity contribution in [2.24, 2.45) is 29.6 Å². The molecule has 6 fully saturated rings. The monoisotopic (exact) mass is 1340 g/mol. The standard InChI is InChI=1S/C59H107N3O26P2/c1-35(2)83-30-41-21-39(24-60(41)48(67)15-9-6-12-18-80-57-36(3)51(70)54(73)45(27-63)86-57)33-89(76,77)84-31-42-22-40(25-61(42)49(68)16-10-7-13-19-81-58-37(4)52(71)55(74)46(28-64)87-58)34-90(78,79)85-32-43-23-44(66)26-62(43)50(69)17-11-8-14-20-82-59-38(5)53(72)56(75)47(29-65)88-59/h35-47,51-59,63-66,70-75H,6-34H2,1-5H3,(H,76,77)(H,78,79)/t36?,37?,38?,39?,40-,41+,42+,43+,44-,45?,46?,47?,51-,52-,53-,54+,55+,56+,57-,58-,59-/m1/s1. The van der Waals surface area contributed by atoms with Crippen LogP contribution >= 0.6 is 15.2 Å². The molecule has 524 valence electrons. The third-order valence-corrected chi connectivity index (χ3v) is 21.5. The number of rotatable bonds is 37. The molecule has 3 amide bonds. The number of nitrogens with zero attached hydrogens (tertiary/aromatic N) is 3. The SMILES string of the molecule is CC(C)OC[C@@H]1CC(CP(=O)(O)OC[C@@H]2C[C@@H](CP(=O)(O)OC[C@@H]3C[C@@H](O)CN3C(=O)CCCCCO[C@@H]3OC(CO)[C@H](O)[C@H](O)C3C)CN2C(=O)CCCCCO[C@@H]2OC(CO)[C@H](O)[C@H](O)C2C)CN1C(=O)CCCCCO[C@@H]1OC(CO)[C@H](O)[C@H](O)C1C. The van der Waals surface area contributed by atoms with Gasteiger partial charge in [-0.25, -0.2) is 0 Å². The molecule has 6 aliphatic heterocycles. The van der Waals surface area contributed by atoms with E-state index in [9.17, 15) is 84.4 Å². The number of hydrogen-bond acceptors (Lipinski definition) is 24. The summed E-state index contributed by atoms with van der Waals surface area (Å²) < 4.78 is 79.7. The molecule has 23 atom stereocenters. The molecule has 90 heavy (non-hydrogen) atoms. The normalized spacial score (nSPS) is 36.4. The minimum atomic E-state index is -4.42. The summed E-state index contributed by atoms with van der Waals surface area (Å²) >= 11 is 0. The van der Waals surface area contributed by atoms with Crippen LogP contribution in [0.2, 0.25) is 0 Å². The van der Waals surface area contributed by atoms with Gasteiger partial charge in [0.05, 0.1) is 101 Å². The Kier molecular flexibility index (Phi) is 31.6. The summed E-state index contributed by atoms with van der Waals surface area (Å²) in [6, 6.07) is -1.85. The summed E-state index contributed by atoms with van der Waals surface area (Å²) in [5.74, 6) is -3.45. The van der Waals surface area contributed by atoms with E-state index in [-0.39, 0.29) is 134 Å². The van der Waals surface area contributed by atoms with E-state index in [0.717, 1.165) is 0 Å². The van der Waals surface area contributed by atoms with Crippen molar-refractivity contribution in [2.45, 2.75) is 235 Å². The second-order valence-corrected chi connectivity index (χ2v) is 29.8. The summed E-state index contributed by atoms with van der Waals surface area (Å²) in [5.41, 5.74) is 0. The molecule has 0 spiro atoms. The van der Waals surface area contributed by atoms with Crippen molar-refractivity contribution in [1.82, 2.24) is 14.7 Å². The fourth-order valence-electron chi connectivity index (χ4n) is 13.0. The summed E-state index contributed by atoms with van der Waals surface area (Å²) in [6.45, 7) is 7.64. The van der Waals surface area contributed by atoms with Crippen LogP contribution < -0.4 is 0 Å². The van der Waals surface area contributed by atoms with Gasteiger partial charge in [-0.2, -0.15) is 0 Å². The van der Waals surface area contributed by atoms with E-state index in [4.69, 9.17) is 42.2 Å². The van der Waals surface area contributed by atoms with Gasteiger partial charge in [0.2, 0.25) is 17.7 Å². The van der Waals surface area contributed by atoms with Gasteiger partial charge in [-0.05, 0) is 83.5 Å². The molecule has 6 rings (SSSR count). The number of carbonyl (C=O) groups is 3. The highest BCUT2D eigenvalue weighted by atomic mass is 31.2. The van der Waals surface area contributed by atoms with Crippen LogP contribution in [0.4, 0.5) is 0 Å². The Balaban J connectivity index is 0.997. The molecule has 0 aromatic rings. The summed E-state index contributed by atoms with van der Waals surface area (Å²) in [5, 5.41) is 101. The van der Waals surface area contributed by atoms with Gasteiger partial charge in [0.15, 0.2) is 18.9 Å². The van der Waals surface area contributed by atoms with Crippen molar-refractivity contribution >= 4 is 32.9 Å². The second-order valence-electron chi connectivity index (χ2n) is 26.0. The highest BCUT2D eigenvalue weighted by Crippen LogP contribution is 2.50. The third-order valence-electron chi connectivity index (χ3n) is 18.4. The number of hydrogen-bond donors (Lipinski definition) is 12. The van der Waals surface area contributed by atoms with Crippen LogP contribution in [0.15, 0.2) is 0 Å². The van der Waals surface area contributed by atoms with Crippen molar-refractivity contribution in [3.63, 3.8) is 0 Å². The summed E-state index contributed by atoms with van der Waals surface area (Å²) in [7, 11) is -8.82. The molecular formula is C59H107N3O26P2. The Labute approximate surface area is 528 Å². The average Bonchev–Trinajstić information content (AvgIpc) is 1.10. The Morgan fingerprint density at radius 3 is 1.12 bits per heavy atom. The van der Waals surface area contributed by atoms with Gasteiger partial charge >= 0.3 is 15.2 Å². The number of ether oxygens (including phenoxy) is 7. The molecular weight excluding hydrogens is 1230 g/mol. The topological polar surface area (TPSA) is 421 Å². The Hall–Kier alpha value is -1.97. The second kappa shape index (κ2) is 37.0. The minimum Gasteiger partial charge on any atom is -0.394 e. The molecule has 0 aromatic carbocycles. The summed E-state index contributed by atoms with van der Waals surface area (Å²) in [4.78, 5) is 68.7. The van der Waals surface area contributed by atoms with Crippen LogP contribution in [-0.4, -0.2) is 289 Å². The fourth-order valence-corrected chi connectivity index (χ4v) is 15.8. The van der Waals surface area contributed by atoms with Crippen molar-refractivity contribution in [3.8, 4) is 0 Å². The molecule has 0 bridgehead atoms. The maximum Gasteiger partial charge on any atom is 0.328 e. The van der Waals surface area contributed by atoms with Gasteiger partial charge in [0, 0.05) is 76.5 Å². The fraction of sp³-hybridized carbons (Fsp3) is 0.949. The zero-order chi connectivity index (χ0) is 66.0. The van der Waals surface area contributed by atoms with Crippen LogP contribution in [0.5, 0.6) is 0 Å². The largest absolute Gasteiger partial charge is 0.394 e. The lowest BCUT2D eigenvalue weighted by Gasteiger charge is -2.40. The van der Waals surface area contributed by atoms with Crippen molar-refractivity contribution in [1.29, 1.82) is 0 Å². The molecule has 0 aromatic heterocycles. The molecule has 9 unspecified atom stereocenters. The van der Waals surface area contributed by atoms with Crippen LogP contribution in [0.1, 0.15) is 131 Å². The molecule has 6 saturated heterocycles. The first-order valence-electron chi connectivity index (χ1n) is 32.5. The first kappa shape index (κ1) is 77.0. The highest BCUT2D eigenvalue weighted by molar-refractivity contribution is 7.53. The van der Waals surface area contributed by atoms with E-state index in [2.05, 4.69) is 0 Å². The molecule has 0 radical (unpaired) electrons. The minimum absolute atomic E-state index is 0.00800. The van der Waals surface area contributed by atoms with Gasteiger partial charge in [0.25, 0.3) is 0 Å². The lowest BCUT2D eigenvalue weighted by Crippen LogP contribution is -2.55. The Morgan fingerprint density at radius 2 is 0.789 bits per heavy atom. The van der Waals surface area contributed by atoms with E-state index < -0.39 is 157 Å². The summed E-state index contributed by atoms with van der Waals surface area (Å²) in [6.07, 6.45) is -8.72.